The third kappa shape index (κ3) is 2.95. The summed E-state index contributed by atoms with van der Waals surface area (Å²) >= 11 is 3.45. The fourth-order valence-corrected chi connectivity index (χ4v) is 1.90. The molecule has 0 saturated carbocycles. The van der Waals surface area contributed by atoms with Crippen molar-refractivity contribution in [3.05, 3.63) is 34.3 Å². The highest BCUT2D eigenvalue weighted by atomic mass is 79.9. The van der Waals surface area contributed by atoms with E-state index in [-0.39, 0.29) is 18.5 Å². The molecule has 4 heteroatoms. The van der Waals surface area contributed by atoms with E-state index in [0.29, 0.717) is 0 Å². The first kappa shape index (κ1) is 12.0. The Labute approximate surface area is 98.6 Å². The highest BCUT2D eigenvalue weighted by Crippen LogP contribution is 2.21. The molecule has 0 spiro atoms. The molecule has 1 aromatic rings. The maximum Gasteiger partial charge on any atom is 0.0950 e. The molecule has 1 heterocycles. The molecule has 0 radical (unpaired) electrons. The van der Waals surface area contributed by atoms with Gasteiger partial charge in [0.15, 0.2) is 0 Å². The number of rotatable bonds is 1. The molecule has 1 aliphatic heterocycles. The first-order chi connectivity index (χ1) is 6.36. The summed E-state index contributed by atoms with van der Waals surface area (Å²) < 4.78 is 6.75. The van der Waals surface area contributed by atoms with Gasteiger partial charge in [0.1, 0.15) is 0 Å². The maximum absolute atomic E-state index is 5.64. The van der Waals surface area contributed by atoms with Gasteiger partial charge in [-0.15, -0.1) is 12.4 Å². The molecular weight excluding hydrogens is 265 g/mol. The van der Waals surface area contributed by atoms with Crippen LogP contribution in [0.4, 0.5) is 0 Å². The quantitative estimate of drug-likeness (QED) is 0.852. The van der Waals surface area contributed by atoms with Gasteiger partial charge in [-0.1, -0.05) is 28.1 Å². The van der Waals surface area contributed by atoms with Crippen molar-refractivity contribution in [2.45, 2.75) is 6.10 Å². The standard InChI is InChI=1S/C10H12BrNO.ClH/c11-9-3-1-2-8(6-9)10-7-12-4-5-13-10;/h1-3,6,10,12H,4-5,7H2;1H. The van der Waals surface area contributed by atoms with Crippen LogP contribution in [-0.2, 0) is 4.74 Å². The van der Waals surface area contributed by atoms with Gasteiger partial charge in [0.05, 0.1) is 12.7 Å². The minimum absolute atomic E-state index is 0. The second-order valence-corrected chi connectivity index (χ2v) is 4.03. The molecule has 0 aliphatic carbocycles. The summed E-state index contributed by atoms with van der Waals surface area (Å²) in [6.07, 6.45) is 0.214. The smallest absolute Gasteiger partial charge is 0.0950 e. The van der Waals surface area contributed by atoms with Crippen LogP contribution in [0.15, 0.2) is 28.7 Å². The van der Waals surface area contributed by atoms with Crippen LogP contribution in [0.1, 0.15) is 11.7 Å². The predicted molar refractivity (Wildman–Crippen MR) is 63.0 cm³/mol. The molecule has 2 rings (SSSR count). The Morgan fingerprint density at radius 3 is 2.93 bits per heavy atom. The lowest BCUT2D eigenvalue weighted by Gasteiger charge is -2.23. The van der Waals surface area contributed by atoms with Crippen molar-refractivity contribution >= 4 is 28.3 Å². The highest BCUT2D eigenvalue weighted by molar-refractivity contribution is 9.10. The Morgan fingerprint density at radius 1 is 1.43 bits per heavy atom. The molecule has 78 valence electrons. The average Bonchev–Trinajstić information content (AvgIpc) is 2.19. The summed E-state index contributed by atoms with van der Waals surface area (Å²) in [5.74, 6) is 0. The van der Waals surface area contributed by atoms with E-state index in [0.717, 1.165) is 24.2 Å². The minimum Gasteiger partial charge on any atom is -0.371 e. The molecule has 14 heavy (non-hydrogen) atoms. The van der Waals surface area contributed by atoms with Gasteiger partial charge in [-0.3, -0.25) is 0 Å². The summed E-state index contributed by atoms with van der Waals surface area (Å²) in [5, 5.41) is 3.31. The number of morpholine rings is 1. The summed E-state index contributed by atoms with van der Waals surface area (Å²) in [6.45, 7) is 2.68. The maximum atomic E-state index is 5.64. The van der Waals surface area contributed by atoms with Crippen LogP contribution in [0.5, 0.6) is 0 Å². The molecular formula is C10H13BrClNO. The molecule has 1 atom stereocenters. The topological polar surface area (TPSA) is 21.3 Å². The Bertz CT molecular complexity index is 289. The predicted octanol–water partition coefficient (Wildman–Crippen LogP) is 2.53. The summed E-state index contributed by atoms with van der Waals surface area (Å²) in [5.41, 5.74) is 1.24. The van der Waals surface area contributed by atoms with Gasteiger partial charge < -0.3 is 10.1 Å². The van der Waals surface area contributed by atoms with E-state index in [1.54, 1.807) is 0 Å². The van der Waals surface area contributed by atoms with E-state index in [9.17, 15) is 0 Å². The van der Waals surface area contributed by atoms with Crippen LogP contribution in [0.2, 0.25) is 0 Å². The largest absolute Gasteiger partial charge is 0.371 e. The minimum atomic E-state index is 0. The zero-order valence-electron chi connectivity index (χ0n) is 7.70. The fraction of sp³-hybridized carbons (Fsp3) is 0.400. The highest BCUT2D eigenvalue weighted by Gasteiger charge is 2.14. The van der Waals surface area contributed by atoms with Gasteiger partial charge >= 0.3 is 0 Å². The van der Waals surface area contributed by atoms with E-state index in [2.05, 4.69) is 33.4 Å². The van der Waals surface area contributed by atoms with E-state index >= 15 is 0 Å². The number of nitrogens with one attached hydrogen (secondary N) is 1. The Morgan fingerprint density at radius 2 is 2.29 bits per heavy atom. The Kier molecular flexibility index (Phi) is 4.89. The lowest BCUT2D eigenvalue weighted by atomic mass is 10.1. The summed E-state index contributed by atoms with van der Waals surface area (Å²) in [4.78, 5) is 0. The van der Waals surface area contributed by atoms with Crippen molar-refractivity contribution in [2.24, 2.45) is 0 Å². The van der Waals surface area contributed by atoms with Crippen molar-refractivity contribution in [3.63, 3.8) is 0 Å². The number of ether oxygens (including phenoxy) is 1. The fourth-order valence-electron chi connectivity index (χ4n) is 1.49. The number of halogens is 2. The molecule has 1 aromatic carbocycles. The number of hydrogen-bond acceptors (Lipinski definition) is 2. The van der Waals surface area contributed by atoms with Crippen molar-refractivity contribution in [2.75, 3.05) is 19.7 Å². The average molecular weight is 279 g/mol. The summed E-state index contributed by atoms with van der Waals surface area (Å²) in [6, 6.07) is 8.28. The van der Waals surface area contributed by atoms with Crippen molar-refractivity contribution in [3.8, 4) is 0 Å². The van der Waals surface area contributed by atoms with Crippen LogP contribution in [0.25, 0.3) is 0 Å². The van der Waals surface area contributed by atoms with Gasteiger partial charge in [0, 0.05) is 17.6 Å². The second kappa shape index (κ2) is 5.71. The van der Waals surface area contributed by atoms with E-state index < -0.39 is 0 Å². The third-order valence-electron chi connectivity index (χ3n) is 2.15. The molecule has 1 unspecified atom stereocenters. The Balaban J connectivity index is 0.000000980. The lowest BCUT2D eigenvalue weighted by molar-refractivity contribution is 0.0277. The van der Waals surface area contributed by atoms with Crippen molar-refractivity contribution in [1.82, 2.24) is 5.32 Å². The van der Waals surface area contributed by atoms with Gasteiger partial charge in [0.2, 0.25) is 0 Å². The SMILES string of the molecule is Brc1cccc(C2CNCCO2)c1.Cl. The second-order valence-electron chi connectivity index (χ2n) is 3.12. The monoisotopic (exact) mass is 277 g/mol. The molecule has 1 saturated heterocycles. The lowest BCUT2D eigenvalue weighted by Crippen LogP contribution is -2.33. The zero-order chi connectivity index (χ0) is 9.10. The third-order valence-corrected chi connectivity index (χ3v) is 2.64. The molecule has 0 aromatic heterocycles. The normalized spacial score (nSPS) is 21.4. The van der Waals surface area contributed by atoms with Gasteiger partial charge in [-0.25, -0.2) is 0 Å². The van der Waals surface area contributed by atoms with E-state index in [4.69, 9.17) is 4.74 Å². The molecule has 1 fully saturated rings. The van der Waals surface area contributed by atoms with E-state index in [1.807, 2.05) is 12.1 Å². The first-order valence-electron chi connectivity index (χ1n) is 4.44. The van der Waals surface area contributed by atoms with Crippen molar-refractivity contribution in [1.29, 1.82) is 0 Å². The van der Waals surface area contributed by atoms with Crippen LogP contribution < -0.4 is 5.32 Å². The van der Waals surface area contributed by atoms with Gasteiger partial charge in [-0.2, -0.15) is 0 Å². The Hall–Kier alpha value is -0.0900. The van der Waals surface area contributed by atoms with Gasteiger partial charge in [-0.05, 0) is 17.7 Å². The summed E-state index contributed by atoms with van der Waals surface area (Å²) in [7, 11) is 0. The number of benzene rings is 1. The molecule has 0 bridgehead atoms. The first-order valence-corrected chi connectivity index (χ1v) is 5.23. The zero-order valence-corrected chi connectivity index (χ0v) is 10.1. The van der Waals surface area contributed by atoms with Crippen LogP contribution in [0, 0.1) is 0 Å². The van der Waals surface area contributed by atoms with Crippen LogP contribution in [-0.4, -0.2) is 19.7 Å². The molecule has 1 aliphatic rings. The number of hydrogen-bond donors (Lipinski definition) is 1. The molecule has 1 N–H and O–H groups in total. The van der Waals surface area contributed by atoms with E-state index in [1.165, 1.54) is 5.56 Å². The molecule has 2 nitrogen and oxygen atoms in total. The van der Waals surface area contributed by atoms with Crippen molar-refractivity contribution < 1.29 is 4.74 Å². The van der Waals surface area contributed by atoms with Crippen LogP contribution >= 0.6 is 28.3 Å². The molecule has 0 amide bonds. The van der Waals surface area contributed by atoms with Crippen LogP contribution in [0.3, 0.4) is 0 Å². The van der Waals surface area contributed by atoms with Gasteiger partial charge in [0.25, 0.3) is 0 Å².